The van der Waals surface area contributed by atoms with Gasteiger partial charge in [-0.3, -0.25) is 0 Å². The Morgan fingerprint density at radius 2 is 2.00 bits per heavy atom. The molecule has 4 heteroatoms. The van der Waals surface area contributed by atoms with Crippen LogP contribution in [0.25, 0.3) is 0 Å². The van der Waals surface area contributed by atoms with Gasteiger partial charge in [-0.25, -0.2) is 13.8 Å². The van der Waals surface area contributed by atoms with E-state index in [-0.39, 0.29) is 5.56 Å². The van der Waals surface area contributed by atoms with Crippen molar-refractivity contribution in [3.63, 3.8) is 0 Å². The highest BCUT2D eigenvalue weighted by Gasteiger charge is 2.15. The summed E-state index contributed by atoms with van der Waals surface area (Å²) in [5.41, 5.74) is 1.13. The lowest BCUT2D eigenvalue weighted by molar-refractivity contribution is 0.149. The van der Waals surface area contributed by atoms with Crippen molar-refractivity contribution in [3.05, 3.63) is 27.5 Å². The lowest BCUT2D eigenvalue weighted by atomic mass is 10.1. The van der Waals surface area contributed by atoms with Gasteiger partial charge in [0.05, 0.1) is 0 Å². The molecule has 1 aromatic rings. The van der Waals surface area contributed by atoms with Crippen LogP contribution in [0.2, 0.25) is 0 Å². The second kappa shape index (κ2) is 3.47. The maximum absolute atomic E-state index is 12.4. The number of aryl methyl sites for hydroxylation is 1. The highest BCUT2D eigenvalue weighted by Crippen LogP contribution is 2.28. The van der Waals surface area contributed by atoms with Crippen LogP contribution in [0.3, 0.4) is 0 Å². The van der Waals surface area contributed by atoms with E-state index in [9.17, 15) is 8.78 Å². The van der Waals surface area contributed by atoms with Gasteiger partial charge < -0.3 is 0 Å². The van der Waals surface area contributed by atoms with Crippen LogP contribution in [0.4, 0.5) is 8.78 Å². The standard InChI is InChI=1S/C8H8BrF2N/c1-4-3-12-7(9)5(2)6(4)8(10)11/h3,8H,1-2H3. The zero-order valence-corrected chi connectivity index (χ0v) is 8.32. The minimum Gasteiger partial charge on any atom is -0.249 e. The molecule has 0 N–H and O–H groups in total. The quantitative estimate of drug-likeness (QED) is 0.681. The predicted octanol–water partition coefficient (Wildman–Crippen LogP) is 3.40. The molecule has 1 nitrogen and oxygen atoms in total. The van der Waals surface area contributed by atoms with Crippen molar-refractivity contribution in [3.8, 4) is 0 Å². The van der Waals surface area contributed by atoms with Crippen molar-refractivity contribution in [2.75, 3.05) is 0 Å². The molecule has 1 rings (SSSR count). The minimum atomic E-state index is -2.43. The third kappa shape index (κ3) is 1.63. The molecule has 0 aliphatic rings. The highest BCUT2D eigenvalue weighted by atomic mass is 79.9. The molecule has 0 aromatic carbocycles. The third-order valence-electron chi connectivity index (χ3n) is 1.73. The van der Waals surface area contributed by atoms with E-state index >= 15 is 0 Å². The van der Waals surface area contributed by atoms with Crippen molar-refractivity contribution >= 4 is 15.9 Å². The van der Waals surface area contributed by atoms with Gasteiger partial charge >= 0.3 is 0 Å². The summed E-state index contributed by atoms with van der Waals surface area (Å²) in [4.78, 5) is 3.90. The Balaban J connectivity index is 3.33. The van der Waals surface area contributed by atoms with Gasteiger partial charge in [0.15, 0.2) is 0 Å². The van der Waals surface area contributed by atoms with Gasteiger partial charge in [0.2, 0.25) is 0 Å². The van der Waals surface area contributed by atoms with Crippen LogP contribution in [-0.2, 0) is 0 Å². The summed E-state index contributed by atoms with van der Waals surface area (Å²) in [5, 5.41) is 0. The minimum absolute atomic E-state index is 0.0804. The van der Waals surface area contributed by atoms with Gasteiger partial charge in [0, 0.05) is 11.8 Å². The Kier molecular flexibility index (Phi) is 2.77. The summed E-state index contributed by atoms with van der Waals surface area (Å²) >= 11 is 3.10. The first-order valence-electron chi connectivity index (χ1n) is 3.43. The average molecular weight is 236 g/mol. The van der Waals surface area contributed by atoms with Gasteiger partial charge in [-0.1, -0.05) is 0 Å². The van der Waals surface area contributed by atoms with E-state index in [1.165, 1.54) is 6.20 Å². The molecule has 0 atom stereocenters. The van der Waals surface area contributed by atoms with Crippen molar-refractivity contribution in [2.45, 2.75) is 20.3 Å². The fourth-order valence-corrected chi connectivity index (χ4v) is 1.38. The highest BCUT2D eigenvalue weighted by molar-refractivity contribution is 9.10. The summed E-state index contributed by atoms with van der Waals surface area (Å²) in [6.45, 7) is 3.26. The van der Waals surface area contributed by atoms with Crippen LogP contribution in [0.1, 0.15) is 23.1 Å². The van der Waals surface area contributed by atoms with Crippen LogP contribution < -0.4 is 0 Å². The second-order valence-electron chi connectivity index (χ2n) is 2.57. The van der Waals surface area contributed by atoms with Crippen LogP contribution >= 0.6 is 15.9 Å². The fraction of sp³-hybridized carbons (Fsp3) is 0.375. The predicted molar refractivity (Wildman–Crippen MR) is 46.4 cm³/mol. The van der Waals surface area contributed by atoms with Crippen LogP contribution in [0.5, 0.6) is 0 Å². The number of halogens is 3. The molecule has 0 spiro atoms. The van der Waals surface area contributed by atoms with Crippen LogP contribution in [-0.4, -0.2) is 4.98 Å². The molecule has 0 fully saturated rings. The zero-order valence-electron chi connectivity index (χ0n) is 6.74. The summed E-state index contributed by atoms with van der Waals surface area (Å²) < 4.78 is 25.3. The molecule has 0 saturated carbocycles. The lowest BCUT2D eigenvalue weighted by Gasteiger charge is -2.08. The third-order valence-corrected chi connectivity index (χ3v) is 2.53. The van der Waals surface area contributed by atoms with Crippen LogP contribution in [0.15, 0.2) is 10.8 Å². The van der Waals surface area contributed by atoms with E-state index in [1.807, 2.05) is 0 Å². The maximum atomic E-state index is 12.4. The van der Waals surface area contributed by atoms with Gasteiger partial charge in [-0.05, 0) is 40.9 Å². The van der Waals surface area contributed by atoms with E-state index in [4.69, 9.17) is 0 Å². The van der Waals surface area contributed by atoms with Crippen molar-refractivity contribution in [1.82, 2.24) is 4.98 Å². The first kappa shape index (κ1) is 9.58. The number of aromatic nitrogens is 1. The summed E-state index contributed by atoms with van der Waals surface area (Å²) in [6.07, 6.45) is -0.984. The molecule has 0 aliphatic carbocycles. The molecule has 0 radical (unpaired) electrons. The normalized spacial score (nSPS) is 10.8. The summed E-state index contributed by atoms with van der Waals surface area (Å²) in [7, 11) is 0. The Labute approximate surface area is 77.9 Å². The van der Waals surface area contributed by atoms with Crippen molar-refractivity contribution in [2.24, 2.45) is 0 Å². The second-order valence-corrected chi connectivity index (χ2v) is 3.32. The molecular weight excluding hydrogens is 228 g/mol. The molecule has 0 bridgehead atoms. The van der Waals surface area contributed by atoms with Gasteiger partial charge in [-0.2, -0.15) is 0 Å². The van der Waals surface area contributed by atoms with Crippen molar-refractivity contribution in [1.29, 1.82) is 0 Å². The fourth-order valence-electron chi connectivity index (χ4n) is 1.06. The molecule has 66 valence electrons. The zero-order chi connectivity index (χ0) is 9.30. The largest absolute Gasteiger partial charge is 0.264 e. The smallest absolute Gasteiger partial charge is 0.249 e. The van der Waals surface area contributed by atoms with E-state index in [2.05, 4.69) is 20.9 Å². The SMILES string of the molecule is Cc1cnc(Br)c(C)c1C(F)F. The van der Waals surface area contributed by atoms with E-state index in [1.54, 1.807) is 13.8 Å². The number of hydrogen-bond donors (Lipinski definition) is 0. The van der Waals surface area contributed by atoms with E-state index in [0.717, 1.165) is 0 Å². The van der Waals surface area contributed by atoms with Crippen molar-refractivity contribution < 1.29 is 8.78 Å². The van der Waals surface area contributed by atoms with Gasteiger partial charge in [-0.15, -0.1) is 0 Å². The molecular formula is C8H8BrF2N. The Bertz CT molecular complexity index is 299. The summed E-state index contributed by atoms with van der Waals surface area (Å²) in [6, 6.07) is 0. The number of rotatable bonds is 1. The number of pyridine rings is 1. The molecule has 0 aliphatic heterocycles. The Morgan fingerprint density at radius 3 is 2.42 bits per heavy atom. The van der Waals surface area contributed by atoms with E-state index in [0.29, 0.717) is 15.7 Å². The number of nitrogens with zero attached hydrogens (tertiary/aromatic N) is 1. The van der Waals surface area contributed by atoms with Gasteiger partial charge in [0.1, 0.15) is 4.60 Å². The molecule has 0 unspecified atom stereocenters. The van der Waals surface area contributed by atoms with Crippen LogP contribution in [0, 0.1) is 13.8 Å². The molecule has 1 heterocycles. The topological polar surface area (TPSA) is 12.9 Å². The molecule has 0 amide bonds. The average Bonchev–Trinajstić information content (AvgIpc) is 1.97. The maximum Gasteiger partial charge on any atom is 0.264 e. The Hall–Kier alpha value is -0.510. The first-order valence-corrected chi connectivity index (χ1v) is 4.23. The molecule has 1 aromatic heterocycles. The Morgan fingerprint density at radius 1 is 1.42 bits per heavy atom. The van der Waals surface area contributed by atoms with E-state index < -0.39 is 6.43 Å². The lowest BCUT2D eigenvalue weighted by Crippen LogP contribution is -1.96. The molecule has 12 heavy (non-hydrogen) atoms. The summed E-state index contributed by atoms with van der Waals surface area (Å²) in [5.74, 6) is 0. The molecule has 0 saturated heterocycles. The monoisotopic (exact) mass is 235 g/mol. The first-order chi connectivity index (χ1) is 5.54. The van der Waals surface area contributed by atoms with Gasteiger partial charge in [0.25, 0.3) is 6.43 Å². The number of alkyl halides is 2. The number of hydrogen-bond acceptors (Lipinski definition) is 1.